The number of fused-ring (bicyclic) bond motifs is 4. The number of piperidine rings is 2. The van der Waals surface area contributed by atoms with Gasteiger partial charge in [0, 0.05) is 13.1 Å². The van der Waals surface area contributed by atoms with Crippen molar-refractivity contribution in [3.63, 3.8) is 0 Å². The molecule has 4 heterocycles. The maximum atomic E-state index is 13.6. The third kappa shape index (κ3) is 2.69. The number of hydroxylamine groups is 4. The maximum Gasteiger partial charge on any atom is 0.442 e. The van der Waals surface area contributed by atoms with Gasteiger partial charge in [0.2, 0.25) is 0 Å². The number of rotatable bonds is 4. The van der Waals surface area contributed by atoms with E-state index in [4.69, 9.17) is 0 Å². The first-order valence-electron chi connectivity index (χ1n) is 7.89. The first-order chi connectivity index (χ1) is 11.8. The Morgan fingerprint density at radius 2 is 1.20 bits per heavy atom. The number of carbonyl (C=O) groups excluding carboxylic acids is 2. The number of alkyl halides is 2. The van der Waals surface area contributed by atoms with Gasteiger partial charge in [-0.05, 0) is 25.7 Å². The molecule has 4 amide bonds. The van der Waals surface area contributed by atoms with Crippen molar-refractivity contribution in [2.45, 2.75) is 50.4 Å². The van der Waals surface area contributed by atoms with E-state index < -0.39 is 47.1 Å². The number of hydrogen-bond acceptors (Lipinski definition) is 6. The number of halogens is 2. The molecule has 25 heavy (non-hydrogen) atoms. The molecule has 0 unspecified atom stereocenters. The van der Waals surface area contributed by atoms with Crippen molar-refractivity contribution < 1.29 is 35.4 Å². The van der Waals surface area contributed by atoms with Crippen molar-refractivity contribution in [2.24, 2.45) is 0 Å². The summed E-state index contributed by atoms with van der Waals surface area (Å²) in [5.41, 5.74) is 0. The molecular formula is C12H16F2N4O6S. The van der Waals surface area contributed by atoms with E-state index in [1.165, 1.54) is 0 Å². The second kappa shape index (κ2) is 5.64. The minimum absolute atomic E-state index is 0.0120. The average Bonchev–Trinajstić information content (AvgIpc) is 2.96. The molecule has 4 saturated heterocycles. The number of urea groups is 2. The minimum Gasteiger partial charge on any atom is -0.290 e. The molecule has 4 fully saturated rings. The summed E-state index contributed by atoms with van der Waals surface area (Å²) in [6.07, 6.45) is -2.35. The summed E-state index contributed by atoms with van der Waals surface area (Å²) in [4.78, 5) is 25.8. The lowest BCUT2D eigenvalue weighted by molar-refractivity contribution is -0.0842. The zero-order chi connectivity index (χ0) is 17.9. The maximum absolute atomic E-state index is 13.6. The van der Waals surface area contributed by atoms with Crippen molar-refractivity contribution in [2.75, 3.05) is 13.1 Å². The summed E-state index contributed by atoms with van der Waals surface area (Å²) in [7, 11) is -4.81. The van der Waals surface area contributed by atoms with Gasteiger partial charge in [0.1, 0.15) is 0 Å². The van der Waals surface area contributed by atoms with Gasteiger partial charge in [0.15, 0.2) is 12.6 Å². The lowest BCUT2D eigenvalue weighted by Gasteiger charge is -2.25. The Kier molecular flexibility index (Phi) is 3.77. The van der Waals surface area contributed by atoms with Crippen LogP contribution in [0.25, 0.3) is 0 Å². The van der Waals surface area contributed by atoms with Crippen LogP contribution >= 0.6 is 0 Å². The van der Waals surface area contributed by atoms with Gasteiger partial charge in [0.25, 0.3) is 0 Å². The van der Waals surface area contributed by atoms with Crippen LogP contribution in [0.2, 0.25) is 0 Å². The van der Waals surface area contributed by atoms with Gasteiger partial charge >= 0.3 is 22.5 Å². The third-order valence-corrected chi connectivity index (χ3v) is 5.53. The number of amides is 4. The van der Waals surface area contributed by atoms with Crippen LogP contribution < -0.4 is 0 Å². The number of nitrogens with zero attached hydrogens (tertiary/aromatic N) is 4. The van der Waals surface area contributed by atoms with Gasteiger partial charge in [-0.15, -0.1) is 8.57 Å². The van der Waals surface area contributed by atoms with Gasteiger partial charge in [-0.1, -0.05) is 0 Å². The topological polar surface area (TPSA) is 99.7 Å². The molecule has 4 aliphatic heterocycles. The molecule has 4 rings (SSSR count). The first kappa shape index (κ1) is 16.7. The summed E-state index contributed by atoms with van der Waals surface area (Å²) in [6, 6.07) is -3.07. The summed E-state index contributed by atoms with van der Waals surface area (Å²) >= 11 is 0. The molecule has 0 radical (unpaired) electrons. The van der Waals surface area contributed by atoms with E-state index in [9.17, 15) is 26.8 Å². The highest BCUT2D eigenvalue weighted by molar-refractivity contribution is 7.81. The Hall–Kier alpha value is -1.73. The highest BCUT2D eigenvalue weighted by atomic mass is 32.3. The summed E-state index contributed by atoms with van der Waals surface area (Å²) in [5, 5.41) is 1.11. The SMILES string of the molecule is O=C1N2C[C@@H](CC[C@@H]2F)N1OS(=O)(=O)ON1C(=O)N2C[C@H]1CC[C@@H]2F. The molecule has 140 valence electrons. The minimum atomic E-state index is -4.81. The largest absolute Gasteiger partial charge is 0.442 e. The molecule has 0 N–H and O–H groups in total. The van der Waals surface area contributed by atoms with E-state index in [0.29, 0.717) is 10.1 Å². The van der Waals surface area contributed by atoms with Crippen molar-refractivity contribution in [3.8, 4) is 0 Å². The molecule has 10 nitrogen and oxygen atoms in total. The van der Waals surface area contributed by atoms with Gasteiger partial charge < -0.3 is 0 Å². The second-order valence-electron chi connectivity index (χ2n) is 6.41. The number of hydrogen-bond donors (Lipinski definition) is 0. The number of carbonyl (C=O) groups is 2. The van der Waals surface area contributed by atoms with Gasteiger partial charge in [-0.25, -0.2) is 18.4 Å². The second-order valence-corrected chi connectivity index (χ2v) is 7.52. The monoisotopic (exact) mass is 382 g/mol. The molecule has 0 spiro atoms. The fourth-order valence-electron chi connectivity index (χ4n) is 3.58. The Morgan fingerprint density at radius 3 is 1.56 bits per heavy atom. The van der Waals surface area contributed by atoms with E-state index in [-0.39, 0.29) is 38.8 Å². The van der Waals surface area contributed by atoms with Crippen molar-refractivity contribution >= 4 is 22.5 Å². The van der Waals surface area contributed by atoms with E-state index in [2.05, 4.69) is 8.57 Å². The predicted octanol–water partition coefficient (Wildman–Crippen LogP) is 0.486. The van der Waals surface area contributed by atoms with Gasteiger partial charge in [-0.3, -0.25) is 9.80 Å². The highest BCUT2D eigenvalue weighted by Crippen LogP contribution is 2.33. The zero-order valence-corrected chi connectivity index (χ0v) is 13.8. The smallest absolute Gasteiger partial charge is 0.290 e. The Labute approximate surface area is 142 Å². The fourth-order valence-corrected chi connectivity index (χ4v) is 4.37. The van der Waals surface area contributed by atoms with Crippen LogP contribution in [0.3, 0.4) is 0 Å². The summed E-state index contributed by atoms with van der Waals surface area (Å²) < 4.78 is 60.9. The normalized spacial score (nSPS) is 35.1. The molecule has 4 atom stereocenters. The Balaban J connectivity index is 1.46. The molecule has 0 aromatic heterocycles. The molecule has 0 aliphatic carbocycles. The van der Waals surface area contributed by atoms with Gasteiger partial charge in [-0.2, -0.15) is 18.5 Å². The Bertz CT molecular complexity index is 656. The van der Waals surface area contributed by atoms with E-state index in [0.717, 1.165) is 9.80 Å². The highest BCUT2D eigenvalue weighted by Gasteiger charge is 2.51. The van der Waals surface area contributed by atoms with Gasteiger partial charge in [0.05, 0.1) is 12.1 Å². The van der Waals surface area contributed by atoms with Crippen LogP contribution in [0.1, 0.15) is 25.7 Å². The lowest BCUT2D eigenvalue weighted by Crippen LogP contribution is -2.41. The van der Waals surface area contributed by atoms with Crippen LogP contribution in [0.15, 0.2) is 0 Å². The van der Waals surface area contributed by atoms with Crippen LogP contribution in [0.4, 0.5) is 18.4 Å². The fraction of sp³-hybridized carbons (Fsp3) is 0.833. The van der Waals surface area contributed by atoms with E-state index in [1.54, 1.807) is 0 Å². The standard InChI is InChI=1S/C12H16F2N4O6S/c13-9-3-1-7-5-15(9)11(19)17(7)23-25(21,22)24-18-8-2-4-10(14)16(6-8)12(18)20/h7-10H,1-6H2/t7-,8-,9-,10-/m1/s1. The van der Waals surface area contributed by atoms with E-state index >= 15 is 0 Å². The van der Waals surface area contributed by atoms with Crippen LogP contribution in [0.5, 0.6) is 0 Å². The quantitative estimate of drug-likeness (QED) is 0.656. The lowest BCUT2D eigenvalue weighted by atomic mass is 10.1. The summed E-state index contributed by atoms with van der Waals surface area (Å²) in [5.74, 6) is 0. The van der Waals surface area contributed by atoms with Crippen molar-refractivity contribution in [3.05, 3.63) is 0 Å². The molecule has 0 aromatic carbocycles. The van der Waals surface area contributed by atoms with Crippen molar-refractivity contribution in [1.82, 2.24) is 19.9 Å². The molecule has 0 saturated carbocycles. The Morgan fingerprint density at radius 1 is 0.800 bits per heavy atom. The van der Waals surface area contributed by atoms with Crippen LogP contribution in [0, 0.1) is 0 Å². The van der Waals surface area contributed by atoms with Crippen LogP contribution in [-0.4, -0.2) is 78.2 Å². The van der Waals surface area contributed by atoms with E-state index in [1.807, 2.05) is 0 Å². The zero-order valence-electron chi connectivity index (χ0n) is 13.0. The first-order valence-corrected chi connectivity index (χ1v) is 9.22. The molecule has 13 heteroatoms. The van der Waals surface area contributed by atoms with Crippen molar-refractivity contribution in [1.29, 1.82) is 0 Å². The summed E-state index contributed by atoms with van der Waals surface area (Å²) in [6.45, 7) is 0.0240. The third-order valence-electron chi connectivity index (χ3n) is 4.84. The average molecular weight is 382 g/mol. The molecule has 4 bridgehead atoms. The van der Waals surface area contributed by atoms with Crippen LogP contribution in [-0.2, 0) is 19.0 Å². The molecular weight excluding hydrogens is 366 g/mol. The molecule has 4 aliphatic rings. The molecule has 0 aromatic rings. The predicted molar refractivity (Wildman–Crippen MR) is 74.8 cm³/mol.